The molecule has 18 heavy (non-hydrogen) atoms. The van der Waals surface area contributed by atoms with Crippen molar-refractivity contribution in [3.05, 3.63) is 23.8 Å². The highest BCUT2D eigenvalue weighted by atomic mass is 32.2. The Morgan fingerprint density at radius 3 is 2.78 bits per heavy atom. The molecule has 1 N–H and O–H groups in total. The molecule has 1 unspecified atom stereocenters. The van der Waals surface area contributed by atoms with Crippen LogP contribution in [0.2, 0.25) is 0 Å². The number of carbonyl (C=O) groups excluding carboxylic acids is 1. The molecule has 1 aromatic rings. The number of amides is 1. The van der Waals surface area contributed by atoms with Crippen LogP contribution in [0.1, 0.15) is 17.3 Å². The van der Waals surface area contributed by atoms with Crippen molar-refractivity contribution in [1.29, 1.82) is 0 Å². The number of methoxy groups -OCH3 is 1. The maximum Gasteiger partial charge on any atom is 0.257 e. The van der Waals surface area contributed by atoms with Crippen LogP contribution in [0.25, 0.3) is 0 Å². The third-order valence-electron chi connectivity index (χ3n) is 2.82. The van der Waals surface area contributed by atoms with Crippen LogP contribution in [0.4, 0.5) is 0 Å². The van der Waals surface area contributed by atoms with Gasteiger partial charge in [0.2, 0.25) is 0 Å². The van der Waals surface area contributed by atoms with Gasteiger partial charge in [-0.05, 0) is 31.4 Å². The third kappa shape index (κ3) is 3.32. The molecular formula is C13H19NO3S. The first-order valence-corrected chi connectivity index (χ1v) is 7.03. The van der Waals surface area contributed by atoms with E-state index in [2.05, 4.69) is 0 Å². The highest BCUT2D eigenvalue weighted by Crippen LogP contribution is 2.24. The summed E-state index contributed by atoms with van der Waals surface area (Å²) in [6, 6.07) is 4.76. The molecule has 0 radical (unpaired) electrons. The topological polar surface area (TPSA) is 49.8 Å². The molecule has 0 heterocycles. The number of hydrogen-bond acceptors (Lipinski definition) is 4. The number of rotatable bonds is 5. The molecule has 5 heteroatoms. The molecule has 0 fully saturated rings. The highest BCUT2D eigenvalue weighted by molar-refractivity contribution is 7.98. The van der Waals surface area contributed by atoms with Gasteiger partial charge in [0, 0.05) is 18.8 Å². The zero-order valence-corrected chi connectivity index (χ0v) is 12.0. The van der Waals surface area contributed by atoms with E-state index < -0.39 is 0 Å². The second kappa shape index (κ2) is 6.54. The molecule has 4 nitrogen and oxygen atoms in total. The normalized spacial score (nSPS) is 12.0. The molecule has 0 aromatic heterocycles. The average Bonchev–Trinajstić information content (AvgIpc) is 2.38. The fourth-order valence-corrected chi connectivity index (χ4v) is 2.26. The van der Waals surface area contributed by atoms with Crippen molar-refractivity contribution in [1.82, 2.24) is 4.90 Å². The largest absolute Gasteiger partial charge is 0.507 e. The molecule has 1 aromatic carbocycles. The van der Waals surface area contributed by atoms with E-state index in [1.807, 2.05) is 13.2 Å². The molecule has 0 saturated heterocycles. The van der Waals surface area contributed by atoms with Crippen molar-refractivity contribution in [2.24, 2.45) is 0 Å². The number of thioether (sulfide) groups is 1. The van der Waals surface area contributed by atoms with Crippen molar-refractivity contribution in [2.45, 2.75) is 13.0 Å². The number of hydrogen-bond donors (Lipinski definition) is 1. The Bertz CT molecular complexity index is 423. The van der Waals surface area contributed by atoms with E-state index in [0.29, 0.717) is 5.75 Å². The van der Waals surface area contributed by atoms with Crippen LogP contribution in [0, 0.1) is 0 Å². The van der Waals surface area contributed by atoms with Gasteiger partial charge >= 0.3 is 0 Å². The molecule has 0 bridgehead atoms. The van der Waals surface area contributed by atoms with Gasteiger partial charge in [-0.15, -0.1) is 0 Å². The Hall–Kier alpha value is -1.36. The van der Waals surface area contributed by atoms with Crippen LogP contribution in [-0.4, -0.2) is 48.1 Å². The van der Waals surface area contributed by atoms with Crippen LogP contribution in [0.3, 0.4) is 0 Å². The Balaban J connectivity index is 2.95. The van der Waals surface area contributed by atoms with Gasteiger partial charge in [0.15, 0.2) is 0 Å². The number of ether oxygens (including phenoxy) is 1. The van der Waals surface area contributed by atoms with Crippen molar-refractivity contribution in [2.75, 3.05) is 26.2 Å². The number of carbonyl (C=O) groups is 1. The van der Waals surface area contributed by atoms with Crippen LogP contribution < -0.4 is 4.74 Å². The molecular weight excluding hydrogens is 250 g/mol. The lowest BCUT2D eigenvalue weighted by atomic mass is 10.1. The molecule has 0 aliphatic rings. The summed E-state index contributed by atoms with van der Waals surface area (Å²) < 4.78 is 5.06. The summed E-state index contributed by atoms with van der Waals surface area (Å²) >= 11 is 1.68. The molecule has 0 aliphatic carbocycles. The third-order valence-corrected chi connectivity index (χ3v) is 3.64. The summed E-state index contributed by atoms with van der Waals surface area (Å²) in [6.45, 7) is 1.98. The zero-order chi connectivity index (χ0) is 13.7. The van der Waals surface area contributed by atoms with E-state index in [1.54, 1.807) is 35.8 Å². The minimum atomic E-state index is -0.201. The number of aromatic hydroxyl groups is 1. The summed E-state index contributed by atoms with van der Waals surface area (Å²) in [5.74, 6) is 1.19. The smallest absolute Gasteiger partial charge is 0.257 e. The Labute approximate surface area is 112 Å². The van der Waals surface area contributed by atoms with Gasteiger partial charge in [-0.1, -0.05) is 0 Å². The fourth-order valence-electron chi connectivity index (χ4n) is 1.56. The second-order valence-corrected chi connectivity index (χ2v) is 5.01. The quantitative estimate of drug-likeness (QED) is 0.890. The van der Waals surface area contributed by atoms with Gasteiger partial charge in [-0.3, -0.25) is 4.79 Å². The molecule has 100 valence electrons. The monoisotopic (exact) mass is 269 g/mol. The van der Waals surface area contributed by atoms with E-state index in [-0.39, 0.29) is 23.3 Å². The van der Waals surface area contributed by atoms with E-state index >= 15 is 0 Å². The number of phenolic OH excluding ortho intramolecular Hbond substituents is 1. The number of phenols is 1. The van der Waals surface area contributed by atoms with Crippen LogP contribution >= 0.6 is 11.8 Å². The van der Waals surface area contributed by atoms with E-state index in [4.69, 9.17) is 4.74 Å². The summed E-state index contributed by atoms with van der Waals surface area (Å²) in [4.78, 5) is 13.9. The van der Waals surface area contributed by atoms with Gasteiger partial charge in [0.25, 0.3) is 5.91 Å². The second-order valence-electron chi connectivity index (χ2n) is 4.10. The fraction of sp³-hybridized carbons (Fsp3) is 0.462. The lowest BCUT2D eigenvalue weighted by Crippen LogP contribution is -2.36. The maximum absolute atomic E-state index is 12.3. The molecule has 1 rings (SSSR count). The average molecular weight is 269 g/mol. The van der Waals surface area contributed by atoms with Gasteiger partial charge in [-0.25, -0.2) is 0 Å². The lowest BCUT2D eigenvalue weighted by molar-refractivity contribution is 0.0754. The Morgan fingerprint density at radius 1 is 1.56 bits per heavy atom. The van der Waals surface area contributed by atoms with Gasteiger partial charge in [0.05, 0.1) is 12.7 Å². The number of nitrogens with zero attached hydrogens (tertiary/aromatic N) is 1. The predicted octanol–water partition coefficient (Wildman–Crippen LogP) is 2.22. The maximum atomic E-state index is 12.3. The number of benzene rings is 1. The van der Waals surface area contributed by atoms with Crippen molar-refractivity contribution in [3.8, 4) is 11.5 Å². The first-order valence-electron chi connectivity index (χ1n) is 5.64. The van der Waals surface area contributed by atoms with Gasteiger partial charge in [-0.2, -0.15) is 11.8 Å². The van der Waals surface area contributed by atoms with Gasteiger partial charge in [0.1, 0.15) is 11.5 Å². The predicted molar refractivity (Wildman–Crippen MR) is 74.6 cm³/mol. The summed E-state index contributed by atoms with van der Waals surface area (Å²) in [6.07, 6.45) is 2.00. The summed E-state index contributed by atoms with van der Waals surface area (Å²) in [5, 5.41) is 9.75. The highest BCUT2D eigenvalue weighted by Gasteiger charge is 2.20. The van der Waals surface area contributed by atoms with Crippen molar-refractivity contribution in [3.63, 3.8) is 0 Å². The SMILES string of the molecule is COc1ccc(O)c(C(=O)N(C)C(C)CSC)c1. The van der Waals surface area contributed by atoms with E-state index in [9.17, 15) is 9.90 Å². The molecule has 1 amide bonds. The van der Waals surface area contributed by atoms with Crippen LogP contribution in [0.15, 0.2) is 18.2 Å². The van der Waals surface area contributed by atoms with Crippen LogP contribution in [-0.2, 0) is 0 Å². The first-order chi connectivity index (χ1) is 8.51. The lowest BCUT2D eigenvalue weighted by Gasteiger charge is -2.24. The Kier molecular flexibility index (Phi) is 5.34. The first kappa shape index (κ1) is 14.7. The van der Waals surface area contributed by atoms with E-state index in [1.165, 1.54) is 13.2 Å². The molecule has 0 aliphatic heterocycles. The van der Waals surface area contributed by atoms with E-state index in [0.717, 1.165) is 5.75 Å². The summed E-state index contributed by atoms with van der Waals surface area (Å²) in [5.41, 5.74) is 0.268. The zero-order valence-electron chi connectivity index (χ0n) is 11.1. The van der Waals surface area contributed by atoms with Crippen molar-refractivity contribution < 1.29 is 14.6 Å². The van der Waals surface area contributed by atoms with Crippen LogP contribution in [0.5, 0.6) is 11.5 Å². The van der Waals surface area contributed by atoms with Gasteiger partial charge < -0.3 is 14.7 Å². The standard InChI is InChI=1S/C13H19NO3S/c1-9(8-18-4)14(2)13(16)11-7-10(17-3)5-6-12(11)15/h5-7,9,15H,8H2,1-4H3. The Morgan fingerprint density at radius 2 is 2.22 bits per heavy atom. The molecule has 0 saturated carbocycles. The van der Waals surface area contributed by atoms with Crippen molar-refractivity contribution >= 4 is 17.7 Å². The minimum Gasteiger partial charge on any atom is -0.507 e. The molecule has 1 atom stereocenters. The minimum absolute atomic E-state index is 0.0241. The summed E-state index contributed by atoms with van der Waals surface area (Å²) in [7, 11) is 3.27. The molecule has 0 spiro atoms.